The number of halogens is 2. The third-order valence-corrected chi connectivity index (χ3v) is 3.37. The molecule has 0 fully saturated rings. The number of benzene rings is 2. The van der Waals surface area contributed by atoms with E-state index in [4.69, 9.17) is 11.6 Å². The summed E-state index contributed by atoms with van der Waals surface area (Å²) < 4.78 is 0.941. The number of carbonyl (C=O) groups is 2. The van der Waals surface area contributed by atoms with Gasteiger partial charge in [0.05, 0.1) is 0 Å². The lowest BCUT2D eigenvalue weighted by molar-refractivity contribution is 0.0846. The van der Waals surface area contributed by atoms with E-state index in [1.165, 1.54) is 6.07 Å². The van der Waals surface area contributed by atoms with Gasteiger partial charge < -0.3 is 0 Å². The molecule has 2 N–H and O–H groups in total. The monoisotopic (exact) mass is 400 g/mol. The summed E-state index contributed by atoms with van der Waals surface area (Å²) in [5.74, 6) is -0.801. The van der Waals surface area contributed by atoms with Crippen LogP contribution in [0.25, 0.3) is 0 Å². The summed E-state index contributed by atoms with van der Waals surface area (Å²) in [5, 5.41) is 0.460. The third kappa shape index (κ3) is 3.94. The maximum Gasteiger partial charge on any atom is 0.269 e. The average Bonchev–Trinajstić information content (AvgIpc) is 2.44. The molecule has 0 atom stereocenters. The van der Waals surface area contributed by atoms with E-state index >= 15 is 0 Å². The molecular weight excluding hydrogens is 391 g/mol. The Hall–Kier alpha value is -1.60. The summed E-state index contributed by atoms with van der Waals surface area (Å²) in [4.78, 5) is 23.7. The minimum atomic E-state index is -0.425. The van der Waals surface area contributed by atoms with Crippen molar-refractivity contribution in [2.75, 3.05) is 0 Å². The predicted molar refractivity (Wildman–Crippen MR) is 85.5 cm³/mol. The van der Waals surface area contributed by atoms with Crippen LogP contribution in [0.4, 0.5) is 0 Å². The highest BCUT2D eigenvalue weighted by molar-refractivity contribution is 14.1. The number of hydrogen-bond donors (Lipinski definition) is 2. The van der Waals surface area contributed by atoms with Crippen LogP contribution in [0.15, 0.2) is 48.5 Å². The lowest BCUT2D eigenvalue weighted by atomic mass is 10.2. The molecule has 2 amide bonds. The average molecular weight is 401 g/mol. The zero-order valence-electron chi connectivity index (χ0n) is 10.2. The first-order valence-corrected chi connectivity index (χ1v) is 7.14. The summed E-state index contributed by atoms with van der Waals surface area (Å²) in [7, 11) is 0. The number of nitrogens with one attached hydrogen (secondary N) is 2. The fourth-order valence-corrected chi connectivity index (χ4v) is 2.25. The van der Waals surface area contributed by atoms with Gasteiger partial charge in [-0.2, -0.15) is 0 Å². The van der Waals surface area contributed by atoms with Crippen molar-refractivity contribution < 1.29 is 9.59 Å². The standard InChI is InChI=1S/C14H10ClIN2O2/c15-11-5-1-3-9(7-11)13(19)17-18-14(20)10-4-2-6-12(16)8-10/h1-8H,(H,17,19)(H,18,20). The van der Waals surface area contributed by atoms with Crippen LogP contribution in [0.5, 0.6) is 0 Å². The van der Waals surface area contributed by atoms with Gasteiger partial charge in [-0.1, -0.05) is 23.7 Å². The fourth-order valence-electron chi connectivity index (χ4n) is 1.52. The van der Waals surface area contributed by atoms with Crippen LogP contribution in [-0.4, -0.2) is 11.8 Å². The van der Waals surface area contributed by atoms with Crippen LogP contribution in [0.3, 0.4) is 0 Å². The van der Waals surface area contributed by atoms with Crippen LogP contribution >= 0.6 is 34.2 Å². The first kappa shape index (κ1) is 14.8. The number of rotatable bonds is 2. The molecule has 2 rings (SSSR count). The lowest BCUT2D eigenvalue weighted by Crippen LogP contribution is -2.41. The van der Waals surface area contributed by atoms with E-state index in [0.717, 1.165) is 3.57 Å². The first-order chi connectivity index (χ1) is 9.56. The van der Waals surface area contributed by atoms with Gasteiger partial charge in [-0.25, -0.2) is 0 Å². The van der Waals surface area contributed by atoms with Crippen molar-refractivity contribution in [2.24, 2.45) is 0 Å². The minimum absolute atomic E-state index is 0.375. The van der Waals surface area contributed by atoms with E-state index in [2.05, 4.69) is 33.4 Å². The Morgan fingerprint density at radius 2 is 1.45 bits per heavy atom. The highest BCUT2D eigenvalue weighted by Gasteiger charge is 2.09. The maximum atomic E-state index is 11.8. The molecule has 4 nitrogen and oxygen atoms in total. The summed E-state index contributed by atoms with van der Waals surface area (Å²) in [6, 6.07) is 13.5. The molecule has 0 saturated carbocycles. The van der Waals surface area contributed by atoms with E-state index in [1.54, 1.807) is 36.4 Å². The zero-order chi connectivity index (χ0) is 14.5. The molecule has 0 unspecified atom stereocenters. The highest BCUT2D eigenvalue weighted by atomic mass is 127. The summed E-state index contributed by atoms with van der Waals surface area (Å²) in [6.45, 7) is 0. The molecule has 0 bridgehead atoms. The normalized spacial score (nSPS) is 9.90. The number of amides is 2. The van der Waals surface area contributed by atoms with Gasteiger partial charge in [-0.05, 0) is 59.0 Å². The number of carbonyl (C=O) groups excluding carboxylic acids is 2. The summed E-state index contributed by atoms with van der Waals surface area (Å²) >= 11 is 7.91. The molecule has 2 aromatic carbocycles. The minimum Gasteiger partial charge on any atom is -0.267 e. The first-order valence-electron chi connectivity index (χ1n) is 5.68. The molecule has 0 spiro atoms. The second-order valence-corrected chi connectivity index (χ2v) is 5.61. The molecule has 6 heteroatoms. The molecular formula is C14H10ClIN2O2. The van der Waals surface area contributed by atoms with Crippen LogP contribution in [0, 0.1) is 3.57 Å². The maximum absolute atomic E-state index is 11.8. The van der Waals surface area contributed by atoms with Crippen LogP contribution < -0.4 is 10.9 Å². The molecule has 0 aromatic heterocycles. The zero-order valence-corrected chi connectivity index (χ0v) is 13.1. The fraction of sp³-hybridized carbons (Fsp3) is 0. The summed E-state index contributed by atoms with van der Waals surface area (Å²) in [5.41, 5.74) is 5.55. The molecule has 0 aliphatic carbocycles. The molecule has 20 heavy (non-hydrogen) atoms. The van der Waals surface area contributed by atoms with Gasteiger partial charge in [-0.3, -0.25) is 20.4 Å². The lowest BCUT2D eigenvalue weighted by Gasteiger charge is -2.07. The van der Waals surface area contributed by atoms with Gasteiger partial charge in [0, 0.05) is 19.7 Å². The largest absolute Gasteiger partial charge is 0.269 e. The molecule has 0 aliphatic heterocycles. The van der Waals surface area contributed by atoms with E-state index < -0.39 is 5.91 Å². The van der Waals surface area contributed by atoms with Crippen LogP contribution in [-0.2, 0) is 0 Å². The SMILES string of the molecule is O=C(NNC(=O)c1cccc(I)c1)c1cccc(Cl)c1. The predicted octanol–water partition coefficient (Wildman–Crippen LogP) is 3.02. The van der Waals surface area contributed by atoms with E-state index in [9.17, 15) is 9.59 Å². The van der Waals surface area contributed by atoms with Crippen molar-refractivity contribution in [3.63, 3.8) is 0 Å². The number of hydrazine groups is 1. The van der Waals surface area contributed by atoms with Crippen molar-refractivity contribution in [3.05, 3.63) is 68.3 Å². The van der Waals surface area contributed by atoms with E-state index in [-0.39, 0.29) is 5.91 Å². The van der Waals surface area contributed by atoms with Gasteiger partial charge in [0.15, 0.2) is 0 Å². The Kier molecular flexibility index (Phi) is 4.97. The van der Waals surface area contributed by atoms with Gasteiger partial charge >= 0.3 is 0 Å². The quantitative estimate of drug-likeness (QED) is 0.601. The van der Waals surface area contributed by atoms with Crippen molar-refractivity contribution in [1.82, 2.24) is 10.9 Å². The molecule has 0 aliphatic rings. The Balaban J connectivity index is 1.98. The topological polar surface area (TPSA) is 58.2 Å². The molecule has 2 aromatic rings. The Labute approximate surface area is 134 Å². The molecule has 0 saturated heterocycles. The second kappa shape index (κ2) is 6.71. The van der Waals surface area contributed by atoms with Crippen molar-refractivity contribution in [3.8, 4) is 0 Å². The molecule has 0 radical (unpaired) electrons. The van der Waals surface area contributed by atoms with E-state index in [0.29, 0.717) is 16.1 Å². The smallest absolute Gasteiger partial charge is 0.267 e. The van der Waals surface area contributed by atoms with E-state index in [1.807, 2.05) is 6.07 Å². The molecule has 102 valence electrons. The van der Waals surface area contributed by atoms with Gasteiger partial charge in [0.2, 0.25) is 0 Å². The van der Waals surface area contributed by atoms with Crippen molar-refractivity contribution in [1.29, 1.82) is 0 Å². The highest BCUT2D eigenvalue weighted by Crippen LogP contribution is 2.10. The van der Waals surface area contributed by atoms with Gasteiger partial charge in [-0.15, -0.1) is 0 Å². The number of hydrogen-bond acceptors (Lipinski definition) is 2. The summed E-state index contributed by atoms with van der Waals surface area (Å²) in [6.07, 6.45) is 0. The van der Waals surface area contributed by atoms with Crippen LogP contribution in [0.1, 0.15) is 20.7 Å². The van der Waals surface area contributed by atoms with Crippen LogP contribution in [0.2, 0.25) is 5.02 Å². The third-order valence-electron chi connectivity index (χ3n) is 2.46. The van der Waals surface area contributed by atoms with Crippen molar-refractivity contribution in [2.45, 2.75) is 0 Å². The Morgan fingerprint density at radius 3 is 2.00 bits per heavy atom. The molecule has 0 heterocycles. The Morgan fingerprint density at radius 1 is 0.900 bits per heavy atom. The Bertz CT molecular complexity index is 604. The van der Waals surface area contributed by atoms with Crippen molar-refractivity contribution >= 4 is 46.0 Å². The second-order valence-electron chi connectivity index (χ2n) is 3.93. The van der Waals surface area contributed by atoms with Gasteiger partial charge in [0.1, 0.15) is 0 Å². The van der Waals surface area contributed by atoms with Gasteiger partial charge in [0.25, 0.3) is 11.8 Å².